The van der Waals surface area contributed by atoms with E-state index in [4.69, 9.17) is 0 Å². The number of amides is 1. The molecule has 1 amide bonds. The number of carbonyl (C=O) groups excluding carboxylic acids is 1. The Balaban J connectivity index is 1.54. The number of allylic oxidation sites excluding steroid dienone is 2. The molecule has 0 bridgehead atoms. The number of nitrogens with zero attached hydrogens (tertiary/aromatic N) is 1. The lowest BCUT2D eigenvalue weighted by Crippen LogP contribution is -2.41. The third-order valence-corrected chi connectivity index (χ3v) is 4.76. The van der Waals surface area contributed by atoms with Gasteiger partial charge in [-0.1, -0.05) is 12.2 Å². The second-order valence-electron chi connectivity index (χ2n) is 6.24. The van der Waals surface area contributed by atoms with Gasteiger partial charge >= 0.3 is 0 Å². The molecule has 0 unspecified atom stereocenters. The van der Waals surface area contributed by atoms with Crippen molar-refractivity contribution in [2.24, 2.45) is 11.3 Å². The van der Waals surface area contributed by atoms with Crippen LogP contribution in [0.1, 0.15) is 51.4 Å². The van der Waals surface area contributed by atoms with E-state index in [-0.39, 0.29) is 0 Å². The average molecular weight is 233 g/mol. The van der Waals surface area contributed by atoms with Gasteiger partial charge in [-0.2, -0.15) is 0 Å². The van der Waals surface area contributed by atoms with Gasteiger partial charge in [-0.25, -0.2) is 0 Å². The third kappa shape index (κ3) is 2.56. The minimum absolute atomic E-state index is 0.410. The topological polar surface area (TPSA) is 20.3 Å². The first-order valence-electron chi connectivity index (χ1n) is 7.22. The van der Waals surface area contributed by atoms with E-state index < -0.39 is 0 Å². The Kier molecular flexibility index (Phi) is 2.97. The molecule has 1 saturated carbocycles. The molecule has 94 valence electrons. The summed E-state index contributed by atoms with van der Waals surface area (Å²) in [5, 5.41) is 0. The Bertz CT molecular complexity index is 330. The molecular weight excluding hydrogens is 210 g/mol. The molecule has 0 aromatic rings. The predicted molar refractivity (Wildman–Crippen MR) is 68.6 cm³/mol. The summed E-state index contributed by atoms with van der Waals surface area (Å²) in [4.78, 5) is 14.4. The van der Waals surface area contributed by atoms with Crippen molar-refractivity contribution in [1.82, 2.24) is 4.90 Å². The maximum atomic E-state index is 12.3. The number of rotatable bonds is 2. The van der Waals surface area contributed by atoms with Gasteiger partial charge in [0.05, 0.1) is 0 Å². The van der Waals surface area contributed by atoms with Crippen molar-refractivity contribution >= 4 is 5.91 Å². The van der Waals surface area contributed by atoms with E-state index in [1.165, 1.54) is 44.9 Å². The Morgan fingerprint density at radius 3 is 2.88 bits per heavy atom. The summed E-state index contributed by atoms with van der Waals surface area (Å²) < 4.78 is 0. The fourth-order valence-electron chi connectivity index (χ4n) is 3.41. The minimum Gasteiger partial charge on any atom is -0.342 e. The predicted octanol–water partition coefficient (Wildman–Crippen LogP) is 3.14. The first-order valence-corrected chi connectivity index (χ1v) is 7.22. The fourth-order valence-corrected chi connectivity index (χ4v) is 3.41. The summed E-state index contributed by atoms with van der Waals surface area (Å²) in [5.74, 6) is 0.931. The molecule has 2 nitrogen and oxygen atoms in total. The molecule has 0 aromatic heterocycles. The SMILES string of the molecule is O=C(C[C@@H]1C=CCCC1)N1CCCC2(CC2)C1. The highest BCUT2D eigenvalue weighted by molar-refractivity contribution is 5.77. The molecule has 0 radical (unpaired) electrons. The van der Waals surface area contributed by atoms with E-state index in [2.05, 4.69) is 17.1 Å². The van der Waals surface area contributed by atoms with Crippen molar-refractivity contribution in [3.8, 4) is 0 Å². The van der Waals surface area contributed by atoms with Crippen LogP contribution in [0.3, 0.4) is 0 Å². The van der Waals surface area contributed by atoms with Crippen LogP contribution in [0.15, 0.2) is 12.2 Å². The number of piperidine rings is 1. The first kappa shape index (κ1) is 11.3. The lowest BCUT2D eigenvalue weighted by Gasteiger charge is -2.34. The van der Waals surface area contributed by atoms with E-state index >= 15 is 0 Å². The molecule has 2 fully saturated rings. The van der Waals surface area contributed by atoms with Crippen LogP contribution in [0.25, 0.3) is 0 Å². The highest BCUT2D eigenvalue weighted by Crippen LogP contribution is 2.52. The van der Waals surface area contributed by atoms with Gasteiger partial charge in [-0.3, -0.25) is 4.79 Å². The van der Waals surface area contributed by atoms with E-state index in [9.17, 15) is 4.79 Å². The first-order chi connectivity index (χ1) is 8.27. The van der Waals surface area contributed by atoms with Crippen LogP contribution < -0.4 is 0 Å². The van der Waals surface area contributed by atoms with E-state index in [1.807, 2.05) is 0 Å². The Morgan fingerprint density at radius 1 is 1.29 bits per heavy atom. The van der Waals surface area contributed by atoms with Gasteiger partial charge in [-0.05, 0) is 56.3 Å². The lowest BCUT2D eigenvalue weighted by molar-refractivity contribution is -0.134. The van der Waals surface area contributed by atoms with Crippen LogP contribution in [0.2, 0.25) is 0 Å². The van der Waals surface area contributed by atoms with Crippen molar-refractivity contribution in [2.45, 2.75) is 51.4 Å². The number of likely N-dealkylation sites (tertiary alicyclic amines) is 1. The fraction of sp³-hybridized carbons (Fsp3) is 0.800. The van der Waals surface area contributed by atoms with Crippen LogP contribution >= 0.6 is 0 Å². The highest BCUT2D eigenvalue weighted by Gasteiger charge is 2.46. The maximum Gasteiger partial charge on any atom is 0.223 e. The van der Waals surface area contributed by atoms with Gasteiger partial charge < -0.3 is 4.90 Å². The number of hydrogen-bond donors (Lipinski definition) is 0. The largest absolute Gasteiger partial charge is 0.342 e. The minimum atomic E-state index is 0.410. The zero-order valence-corrected chi connectivity index (χ0v) is 10.7. The molecule has 3 rings (SSSR count). The summed E-state index contributed by atoms with van der Waals surface area (Å²) in [6.45, 7) is 2.07. The average Bonchev–Trinajstić information content (AvgIpc) is 3.10. The number of hydrogen-bond acceptors (Lipinski definition) is 1. The zero-order valence-electron chi connectivity index (χ0n) is 10.7. The maximum absolute atomic E-state index is 12.3. The standard InChI is InChI=1S/C15H23NO/c17-14(11-13-5-2-1-3-6-13)16-10-4-7-15(12-16)8-9-15/h2,5,13H,1,3-4,6-12H2/t13-/m1/s1. The van der Waals surface area contributed by atoms with Gasteiger partial charge in [0, 0.05) is 19.5 Å². The van der Waals surface area contributed by atoms with E-state index in [0.29, 0.717) is 17.2 Å². The normalized spacial score (nSPS) is 30.6. The third-order valence-electron chi connectivity index (χ3n) is 4.76. The van der Waals surface area contributed by atoms with Crippen molar-refractivity contribution in [2.75, 3.05) is 13.1 Å². The molecule has 1 aliphatic heterocycles. The second-order valence-corrected chi connectivity index (χ2v) is 6.24. The second kappa shape index (κ2) is 4.47. The molecule has 3 aliphatic rings. The number of carbonyl (C=O) groups is 1. The lowest BCUT2D eigenvalue weighted by atomic mass is 9.91. The van der Waals surface area contributed by atoms with Crippen LogP contribution in [0.4, 0.5) is 0 Å². The summed E-state index contributed by atoms with van der Waals surface area (Å²) in [5.41, 5.74) is 0.566. The summed E-state index contributed by atoms with van der Waals surface area (Å²) in [6.07, 6.45) is 14.3. The highest BCUT2D eigenvalue weighted by atomic mass is 16.2. The molecule has 2 aliphatic carbocycles. The van der Waals surface area contributed by atoms with E-state index in [0.717, 1.165) is 19.5 Å². The molecule has 2 heteroatoms. The quantitative estimate of drug-likeness (QED) is 0.671. The van der Waals surface area contributed by atoms with Crippen LogP contribution in [0, 0.1) is 11.3 Å². The van der Waals surface area contributed by atoms with Crippen molar-refractivity contribution < 1.29 is 4.79 Å². The van der Waals surface area contributed by atoms with Crippen LogP contribution in [-0.2, 0) is 4.79 Å². The smallest absolute Gasteiger partial charge is 0.223 e. The van der Waals surface area contributed by atoms with Gasteiger partial charge in [0.15, 0.2) is 0 Å². The van der Waals surface area contributed by atoms with Crippen molar-refractivity contribution in [3.63, 3.8) is 0 Å². The van der Waals surface area contributed by atoms with Crippen LogP contribution in [0.5, 0.6) is 0 Å². The van der Waals surface area contributed by atoms with E-state index in [1.54, 1.807) is 0 Å². The molecule has 1 saturated heterocycles. The summed E-state index contributed by atoms with van der Waals surface area (Å²) in [6, 6.07) is 0. The zero-order chi connectivity index (χ0) is 11.7. The Labute approximate surface area is 104 Å². The van der Waals surface area contributed by atoms with Crippen molar-refractivity contribution in [3.05, 3.63) is 12.2 Å². The van der Waals surface area contributed by atoms with Crippen LogP contribution in [-0.4, -0.2) is 23.9 Å². The molecule has 17 heavy (non-hydrogen) atoms. The van der Waals surface area contributed by atoms with Gasteiger partial charge in [0.2, 0.25) is 5.91 Å². The molecule has 0 N–H and O–H groups in total. The summed E-state index contributed by atoms with van der Waals surface area (Å²) in [7, 11) is 0. The Hall–Kier alpha value is -0.790. The summed E-state index contributed by atoms with van der Waals surface area (Å²) >= 11 is 0. The Morgan fingerprint density at radius 2 is 2.18 bits per heavy atom. The van der Waals surface area contributed by atoms with Crippen molar-refractivity contribution in [1.29, 1.82) is 0 Å². The molecule has 1 atom stereocenters. The molecule has 0 aromatic carbocycles. The van der Waals surface area contributed by atoms with Gasteiger partial charge in [0.1, 0.15) is 0 Å². The molecular formula is C15H23NO. The molecule has 1 spiro atoms. The monoisotopic (exact) mass is 233 g/mol. The molecule has 1 heterocycles. The van der Waals surface area contributed by atoms with Gasteiger partial charge in [0.25, 0.3) is 0 Å². The van der Waals surface area contributed by atoms with Gasteiger partial charge in [-0.15, -0.1) is 0 Å².